The van der Waals surface area contributed by atoms with Crippen LogP contribution in [-0.4, -0.2) is 18.0 Å². The van der Waals surface area contributed by atoms with Gasteiger partial charge in [0.1, 0.15) is 0 Å². The number of carbonyl (C=O) groups excluding carboxylic acids is 1. The fourth-order valence-corrected chi connectivity index (χ4v) is 4.51. The maximum Gasteiger partial charge on any atom is 0.261 e. The molecular weight excluding hydrogens is 268 g/mol. The molecule has 4 heteroatoms. The number of fused-ring (bicyclic) bond motifs is 1. The standard InChI is InChI=1S/C16H24N2OS/c17-12-7-2-1-3-8-13(12)18-16(19)15-10-11-6-4-5-9-14(11)20-15/h10,12-13H,1-9,17H2,(H,18,19). The summed E-state index contributed by atoms with van der Waals surface area (Å²) in [7, 11) is 0. The number of carbonyl (C=O) groups is 1. The third kappa shape index (κ3) is 3.07. The fourth-order valence-electron chi connectivity index (χ4n) is 3.36. The molecule has 2 aliphatic rings. The fraction of sp³-hybridized carbons (Fsp3) is 0.688. The summed E-state index contributed by atoms with van der Waals surface area (Å²) >= 11 is 1.69. The van der Waals surface area contributed by atoms with Gasteiger partial charge in [-0.25, -0.2) is 0 Å². The first-order valence-corrected chi connectivity index (χ1v) is 8.74. The van der Waals surface area contributed by atoms with Crippen LogP contribution in [0.15, 0.2) is 6.07 Å². The van der Waals surface area contributed by atoms with Gasteiger partial charge in [0.05, 0.1) is 4.88 Å². The van der Waals surface area contributed by atoms with E-state index in [9.17, 15) is 4.79 Å². The van der Waals surface area contributed by atoms with Gasteiger partial charge in [-0.2, -0.15) is 0 Å². The van der Waals surface area contributed by atoms with Crippen molar-refractivity contribution in [1.82, 2.24) is 5.32 Å². The lowest BCUT2D eigenvalue weighted by Crippen LogP contribution is -2.46. The lowest BCUT2D eigenvalue weighted by atomic mass is 9.99. The summed E-state index contributed by atoms with van der Waals surface area (Å²) < 4.78 is 0. The van der Waals surface area contributed by atoms with Crippen molar-refractivity contribution in [3.05, 3.63) is 21.4 Å². The molecule has 1 aromatic rings. The highest BCUT2D eigenvalue weighted by atomic mass is 32.1. The number of aryl methyl sites for hydroxylation is 2. The van der Waals surface area contributed by atoms with E-state index in [0.29, 0.717) is 0 Å². The zero-order valence-electron chi connectivity index (χ0n) is 12.0. The van der Waals surface area contributed by atoms with E-state index in [4.69, 9.17) is 5.73 Å². The van der Waals surface area contributed by atoms with Crippen LogP contribution in [0.4, 0.5) is 0 Å². The minimum absolute atomic E-state index is 0.0896. The predicted molar refractivity (Wildman–Crippen MR) is 83.3 cm³/mol. The molecule has 0 aliphatic heterocycles. The van der Waals surface area contributed by atoms with Crippen LogP contribution in [0.5, 0.6) is 0 Å². The van der Waals surface area contributed by atoms with Gasteiger partial charge in [0.2, 0.25) is 0 Å². The smallest absolute Gasteiger partial charge is 0.261 e. The first-order valence-electron chi connectivity index (χ1n) is 7.92. The van der Waals surface area contributed by atoms with Crippen LogP contribution in [0, 0.1) is 0 Å². The van der Waals surface area contributed by atoms with Crippen molar-refractivity contribution in [2.45, 2.75) is 69.9 Å². The van der Waals surface area contributed by atoms with Crippen LogP contribution >= 0.6 is 11.3 Å². The van der Waals surface area contributed by atoms with Crippen molar-refractivity contribution >= 4 is 17.2 Å². The van der Waals surface area contributed by atoms with Crippen LogP contribution in [0.2, 0.25) is 0 Å². The second-order valence-corrected chi connectivity index (χ2v) is 7.28. The molecule has 1 aromatic heterocycles. The molecule has 1 amide bonds. The highest BCUT2D eigenvalue weighted by Crippen LogP contribution is 2.29. The molecule has 0 spiro atoms. The Hall–Kier alpha value is -0.870. The molecule has 2 atom stereocenters. The van der Waals surface area contributed by atoms with Crippen molar-refractivity contribution in [2.24, 2.45) is 5.73 Å². The number of rotatable bonds is 2. The average Bonchev–Trinajstić information content (AvgIpc) is 2.79. The lowest BCUT2D eigenvalue weighted by Gasteiger charge is -2.22. The quantitative estimate of drug-likeness (QED) is 0.823. The summed E-state index contributed by atoms with van der Waals surface area (Å²) in [4.78, 5) is 14.7. The summed E-state index contributed by atoms with van der Waals surface area (Å²) in [5.41, 5.74) is 7.59. The van der Waals surface area contributed by atoms with E-state index >= 15 is 0 Å². The van der Waals surface area contributed by atoms with Gasteiger partial charge >= 0.3 is 0 Å². The van der Waals surface area contributed by atoms with Gasteiger partial charge in [-0.1, -0.05) is 19.3 Å². The Kier molecular flexibility index (Phi) is 4.41. The molecule has 3 rings (SSSR count). The summed E-state index contributed by atoms with van der Waals surface area (Å²) in [6.07, 6.45) is 10.5. The Morgan fingerprint density at radius 2 is 1.95 bits per heavy atom. The van der Waals surface area contributed by atoms with Crippen LogP contribution in [0.1, 0.15) is 65.1 Å². The van der Waals surface area contributed by atoms with E-state index in [2.05, 4.69) is 11.4 Å². The van der Waals surface area contributed by atoms with Crippen molar-refractivity contribution in [2.75, 3.05) is 0 Å². The zero-order chi connectivity index (χ0) is 13.9. The summed E-state index contributed by atoms with van der Waals surface area (Å²) in [5.74, 6) is 0.0896. The molecular formula is C16H24N2OS. The van der Waals surface area contributed by atoms with E-state index in [1.807, 2.05) is 0 Å². The monoisotopic (exact) mass is 292 g/mol. The van der Waals surface area contributed by atoms with Crippen molar-refractivity contribution in [1.29, 1.82) is 0 Å². The molecule has 3 nitrogen and oxygen atoms in total. The second-order valence-electron chi connectivity index (χ2n) is 6.15. The van der Waals surface area contributed by atoms with Gasteiger partial charge in [0, 0.05) is 17.0 Å². The molecule has 1 heterocycles. The Morgan fingerprint density at radius 3 is 2.80 bits per heavy atom. The third-order valence-corrected chi connectivity index (χ3v) is 5.84. The molecule has 0 radical (unpaired) electrons. The van der Waals surface area contributed by atoms with Crippen LogP contribution in [0.25, 0.3) is 0 Å². The first-order chi connectivity index (χ1) is 9.74. The normalized spacial score (nSPS) is 26.6. The van der Waals surface area contributed by atoms with E-state index in [0.717, 1.165) is 30.6 Å². The number of hydrogen-bond acceptors (Lipinski definition) is 3. The lowest BCUT2D eigenvalue weighted by molar-refractivity contribution is 0.0933. The van der Waals surface area contributed by atoms with Gasteiger partial charge < -0.3 is 11.1 Å². The van der Waals surface area contributed by atoms with Gasteiger partial charge in [-0.15, -0.1) is 11.3 Å². The van der Waals surface area contributed by atoms with E-state index in [-0.39, 0.29) is 18.0 Å². The van der Waals surface area contributed by atoms with Gasteiger partial charge in [0.15, 0.2) is 0 Å². The Morgan fingerprint density at radius 1 is 1.15 bits per heavy atom. The maximum absolute atomic E-state index is 12.4. The molecule has 0 saturated heterocycles. The molecule has 3 N–H and O–H groups in total. The van der Waals surface area contributed by atoms with E-state index in [1.165, 1.54) is 42.5 Å². The number of amides is 1. The van der Waals surface area contributed by atoms with E-state index < -0.39 is 0 Å². The molecule has 2 unspecified atom stereocenters. The molecule has 0 bridgehead atoms. The molecule has 2 aliphatic carbocycles. The Bertz CT molecular complexity index is 459. The predicted octanol–water partition coefficient (Wildman–Crippen LogP) is 3.02. The molecule has 20 heavy (non-hydrogen) atoms. The highest BCUT2D eigenvalue weighted by Gasteiger charge is 2.24. The minimum atomic E-state index is 0.0896. The van der Waals surface area contributed by atoms with Gasteiger partial charge in [0.25, 0.3) is 5.91 Å². The topological polar surface area (TPSA) is 55.1 Å². The molecule has 0 aromatic carbocycles. The largest absolute Gasteiger partial charge is 0.347 e. The first kappa shape index (κ1) is 14.1. The number of nitrogens with one attached hydrogen (secondary N) is 1. The average molecular weight is 292 g/mol. The molecule has 110 valence electrons. The summed E-state index contributed by atoms with van der Waals surface area (Å²) in [6.45, 7) is 0. The minimum Gasteiger partial charge on any atom is -0.347 e. The third-order valence-electron chi connectivity index (χ3n) is 4.61. The maximum atomic E-state index is 12.4. The van der Waals surface area contributed by atoms with Crippen molar-refractivity contribution in [3.63, 3.8) is 0 Å². The van der Waals surface area contributed by atoms with Gasteiger partial charge in [-0.05, 0) is 50.2 Å². The van der Waals surface area contributed by atoms with Crippen LogP contribution < -0.4 is 11.1 Å². The van der Waals surface area contributed by atoms with Crippen molar-refractivity contribution in [3.8, 4) is 0 Å². The summed E-state index contributed by atoms with van der Waals surface area (Å²) in [6, 6.07) is 2.39. The Labute approximate surface area is 124 Å². The number of hydrogen-bond donors (Lipinski definition) is 2. The second kappa shape index (κ2) is 6.27. The number of nitrogens with two attached hydrogens (primary N) is 1. The SMILES string of the molecule is NC1CCCCCC1NC(=O)c1cc2c(s1)CCCC2. The van der Waals surface area contributed by atoms with E-state index in [1.54, 1.807) is 11.3 Å². The molecule has 1 fully saturated rings. The Balaban J connectivity index is 1.67. The summed E-state index contributed by atoms with van der Waals surface area (Å²) in [5, 5.41) is 3.18. The zero-order valence-corrected chi connectivity index (χ0v) is 12.8. The van der Waals surface area contributed by atoms with Crippen LogP contribution in [0.3, 0.4) is 0 Å². The van der Waals surface area contributed by atoms with Crippen molar-refractivity contribution < 1.29 is 4.79 Å². The number of thiophene rings is 1. The molecule has 1 saturated carbocycles. The highest BCUT2D eigenvalue weighted by molar-refractivity contribution is 7.14. The van der Waals surface area contributed by atoms with Gasteiger partial charge in [-0.3, -0.25) is 4.79 Å². The van der Waals surface area contributed by atoms with Crippen LogP contribution in [-0.2, 0) is 12.8 Å².